The normalized spacial score (nSPS) is 18.9. The second-order valence-electron chi connectivity index (χ2n) is 5.43. The molecule has 1 aliphatic carbocycles. The highest BCUT2D eigenvalue weighted by Crippen LogP contribution is 2.27. The summed E-state index contributed by atoms with van der Waals surface area (Å²) >= 11 is 3.47. The summed E-state index contributed by atoms with van der Waals surface area (Å²) in [5, 5.41) is 3.62. The van der Waals surface area contributed by atoms with Gasteiger partial charge < -0.3 is 5.32 Å². The Morgan fingerprint density at radius 2 is 1.89 bits per heavy atom. The molecule has 1 fully saturated rings. The minimum Gasteiger partial charge on any atom is -0.309 e. The fraction of sp³-hybridized carbons (Fsp3) is 0.600. The Morgan fingerprint density at radius 1 is 1.28 bits per heavy atom. The van der Waals surface area contributed by atoms with Gasteiger partial charge in [-0.2, -0.15) is 0 Å². The number of nitrogens with one attached hydrogen (secondary N) is 1. The maximum Gasteiger partial charge on any atom is 0.0292 e. The summed E-state index contributed by atoms with van der Waals surface area (Å²) in [6.07, 6.45) is 2.76. The Morgan fingerprint density at radius 3 is 2.44 bits per heavy atom. The number of rotatable bonds is 6. The van der Waals surface area contributed by atoms with Gasteiger partial charge in [-0.25, -0.2) is 0 Å². The highest BCUT2D eigenvalue weighted by molar-refractivity contribution is 9.10. The first-order valence-corrected chi connectivity index (χ1v) is 7.58. The lowest BCUT2D eigenvalue weighted by molar-refractivity contribution is 0.237. The fourth-order valence-electron chi connectivity index (χ4n) is 2.20. The van der Waals surface area contributed by atoms with Crippen molar-refractivity contribution in [1.82, 2.24) is 10.2 Å². The zero-order chi connectivity index (χ0) is 13.1. The van der Waals surface area contributed by atoms with Crippen LogP contribution < -0.4 is 5.32 Å². The van der Waals surface area contributed by atoms with Crippen LogP contribution in [-0.2, 0) is 0 Å². The minimum absolute atomic E-state index is 0.410. The van der Waals surface area contributed by atoms with Gasteiger partial charge in [-0.1, -0.05) is 28.1 Å². The zero-order valence-corrected chi connectivity index (χ0v) is 13.1. The van der Waals surface area contributed by atoms with Gasteiger partial charge >= 0.3 is 0 Å². The SMILES string of the molecule is CC(NCC(C)N(C)C1CC1)c1ccc(Br)cc1. The van der Waals surface area contributed by atoms with Gasteiger partial charge in [-0.15, -0.1) is 0 Å². The predicted octanol–water partition coefficient (Wildman–Crippen LogP) is 3.58. The summed E-state index contributed by atoms with van der Waals surface area (Å²) < 4.78 is 1.14. The van der Waals surface area contributed by atoms with E-state index >= 15 is 0 Å². The van der Waals surface area contributed by atoms with Crippen molar-refractivity contribution in [2.45, 2.75) is 44.8 Å². The van der Waals surface area contributed by atoms with Gasteiger partial charge in [0.2, 0.25) is 0 Å². The van der Waals surface area contributed by atoms with E-state index in [2.05, 4.69) is 71.3 Å². The second kappa shape index (κ2) is 6.18. The Balaban J connectivity index is 1.80. The number of nitrogens with zero attached hydrogens (tertiary/aromatic N) is 1. The van der Waals surface area contributed by atoms with E-state index in [1.165, 1.54) is 18.4 Å². The number of hydrogen-bond donors (Lipinski definition) is 1. The molecule has 1 saturated carbocycles. The average Bonchev–Trinajstić information content (AvgIpc) is 3.19. The predicted molar refractivity (Wildman–Crippen MR) is 80.8 cm³/mol. The summed E-state index contributed by atoms with van der Waals surface area (Å²) in [5.74, 6) is 0. The Kier molecular flexibility index (Phi) is 4.82. The minimum atomic E-state index is 0.410. The van der Waals surface area contributed by atoms with Crippen LogP contribution in [0.15, 0.2) is 28.7 Å². The molecule has 1 N–H and O–H groups in total. The highest BCUT2D eigenvalue weighted by atomic mass is 79.9. The van der Waals surface area contributed by atoms with E-state index in [0.717, 1.165) is 17.1 Å². The third-order valence-corrected chi connectivity index (χ3v) is 4.44. The van der Waals surface area contributed by atoms with Crippen LogP contribution in [0.5, 0.6) is 0 Å². The number of benzene rings is 1. The molecule has 1 aromatic carbocycles. The van der Waals surface area contributed by atoms with E-state index in [1.807, 2.05) is 0 Å². The van der Waals surface area contributed by atoms with Crippen LogP contribution in [0.1, 0.15) is 38.3 Å². The zero-order valence-electron chi connectivity index (χ0n) is 11.5. The number of halogens is 1. The molecule has 1 aliphatic rings. The third-order valence-electron chi connectivity index (χ3n) is 3.91. The molecule has 3 heteroatoms. The first kappa shape index (κ1) is 14.0. The molecule has 2 nitrogen and oxygen atoms in total. The molecule has 2 atom stereocenters. The van der Waals surface area contributed by atoms with Crippen LogP contribution in [0.4, 0.5) is 0 Å². The molecule has 0 aliphatic heterocycles. The van der Waals surface area contributed by atoms with Crippen LogP contribution in [0.3, 0.4) is 0 Å². The van der Waals surface area contributed by atoms with Crippen molar-refractivity contribution in [2.75, 3.05) is 13.6 Å². The Labute approximate surface area is 119 Å². The van der Waals surface area contributed by atoms with Crippen LogP contribution in [0, 0.1) is 0 Å². The first-order chi connectivity index (χ1) is 8.58. The lowest BCUT2D eigenvalue weighted by atomic mass is 10.1. The van der Waals surface area contributed by atoms with Crippen molar-refractivity contribution in [2.24, 2.45) is 0 Å². The monoisotopic (exact) mass is 310 g/mol. The highest BCUT2D eigenvalue weighted by Gasteiger charge is 2.28. The number of hydrogen-bond acceptors (Lipinski definition) is 2. The van der Waals surface area contributed by atoms with E-state index < -0.39 is 0 Å². The van der Waals surface area contributed by atoms with Gasteiger partial charge in [-0.05, 0) is 51.4 Å². The van der Waals surface area contributed by atoms with E-state index in [9.17, 15) is 0 Å². The van der Waals surface area contributed by atoms with Gasteiger partial charge in [0, 0.05) is 29.1 Å². The largest absolute Gasteiger partial charge is 0.309 e. The van der Waals surface area contributed by atoms with Gasteiger partial charge in [-0.3, -0.25) is 4.90 Å². The van der Waals surface area contributed by atoms with Crippen LogP contribution in [-0.4, -0.2) is 30.6 Å². The number of likely N-dealkylation sites (N-methyl/N-ethyl adjacent to an activating group) is 1. The summed E-state index contributed by atoms with van der Waals surface area (Å²) in [6.45, 7) is 5.58. The topological polar surface area (TPSA) is 15.3 Å². The van der Waals surface area contributed by atoms with E-state index in [1.54, 1.807) is 0 Å². The summed E-state index contributed by atoms with van der Waals surface area (Å²) in [4.78, 5) is 2.50. The maximum absolute atomic E-state index is 3.62. The molecule has 18 heavy (non-hydrogen) atoms. The van der Waals surface area contributed by atoms with E-state index in [-0.39, 0.29) is 0 Å². The van der Waals surface area contributed by atoms with Gasteiger partial charge in [0.1, 0.15) is 0 Å². The van der Waals surface area contributed by atoms with Crippen molar-refractivity contribution in [3.8, 4) is 0 Å². The van der Waals surface area contributed by atoms with Gasteiger partial charge in [0.25, 0.3) is 0 Å². The molecular weight excluding hydrogens is 288 g/mol. The molecule has 2 rings (SSSR count). The van der Waals surface area contributed by atoms with Gasteiger partial charge in [0.05, 0.1) is 0 Å². The van der Waals surface area contributed by atoms with E-state index in [4.69, 9.17) is 0 Å². The lowest BCUT2D eigenvalue weighted by Gasteiger charge is -2.26. The van der Waals surface area contributed by atoms with E-state index in [0.29, 0.717) is 12.1 Å². The molecule has 0 aromatic heterocycles. The van der Waals surface area contributed by atoms with Crippen LogP contribution in [0.2, 0.25) is 0 Å². The maximum atomic E-state index is 3.62. The third kappa shape index (κ3) is 3.81. The Hall–Kier alpha value is -0.380. The van der Waals surface area contributed by atoms with Crippen LogP contribution in [0.25, 0.3) is 0 Å². The molecule has 1 aromatic rings. The lowest BCUT2D eigenvalue weighted by Crippen LogP contribution is -2.39. The summed E-state index contributed by atoms with van der Waals surface area (Å²) in [6, 6.07) is 10.4. The molecular formula is C15H23BrN2. The van der Waals surface area contributed by atoms with Crippen molar-refractivity contribution in [3.05, 3.63) is 34.3 Å². The molecule has 0 radical (unpaired) electrons. The smallest absolute Gasteiger partial charge is 0.0292 e. The fourth-order valence-corrected chi connectivity index (χ4v) is 2.47. The molecule has 0 heterocycles. The van der Waals surface area contributed by atoms with Gasteiger partial charge in [0.15, 0.2) is 0 Å². The molecule has 0 amide bonds. The standard InChI is InChI=1S/C15H23BrN2/c1-11(18(3)15-8-9-15)10-17-12(2)13-4-6-14(16)7-5-13/h4-7,11-12,15,17H,8-10H2,1-3H3. The summed E-state index contributed by atoms with van der Waals surface area (Å²) in [7, 11) is 2.24. The molecule has 0 spiro atoms. The Bertz CT molecular complexity index is 373. The molecule has 0 bridgehead atoms. The molecule has 100 valence electrons. The first-order valence-electron chi connectivity index (χ1n) is 6.78. The van der Waals surface area contributed by atoms with Crippen LogP contribution >= 0.6 is 15.9 Å². The molecule has 0 saturated heterocycles. The molecule has 2 unspecified atom stereocenters. The summed E-state index contributed by atoms with van der Waals surface area (Å²) in [5.41, 5.74) is 1.35. The quantitative estimate of drug-likeness (QED) is 0.864. The van der Waals surface area contributed by atoms with Crippen molar-refractivity contribution in [1.29, 1.82) is 0 Å². The second-order valence-corrected chi connectivity index (χ2v) is 6.34. The van der Waals surface area contributed by atoms with Crippen molar-refractivity contribution in [3.63, 3.8) is 0 Å². The average molecular weight is 311 g/mol. The van der Waals surface area contributed by atoms with Crippen molar-refractivity contribution < 1.29 is 0 Å². The van der Waals surface area contributed by atoms with Crippen molar-refractivity contribution >= 4 is 15.9 Å².